The first-order valence-electron chi connectivity index (χ1n) is 9.76. The van der Waals surface area contributed by atoms with E-state index in [4.69, 9.17) is 0 Å². The average molecular weight is 420 g/mol. The molecule has 1 aromatic carbocycles. The molecule has 2 heterocycles. The van der Waals surface area contributed by atoms with Crippen molar-refractivity contribution < 1.29 is 22.8 Å². The largest absolute Gasteiger partial charge is 0.417 e. The summed E-state index contributed by atoms with van der Waals surface area (Å²) < 4.78 is 37.5. The van der Waals surface area contributed by atoms with Crippen molar-refractivity contribution in [1.29, 1.82) is 0 Å². The van der Waals surface area contributed by atoms with Crippen LogP contribution in [0.15, 0.2) is 42.6 Å². The fourth-order valence-corrected chi connectivity index (χ4v) is 3.16. The van der Waals surface area contributed by atoms with E-state index < -0.39 is 11.7 Å². The zero-order chi connectivity index (χ0) is 21.6. The Morgan fingerprint density at radius 1 is 1.10 bits per heavy atom. The molecule has 0 saturated carbocycles. The molecule has 0 spiro atoms. The lowest BCUT2D eigenvalue weighted by Gasteiger charge is -2.15. The van der Waals surface area contributed by atoms with E-state index in [0.29, 0.717) is 31.7 Å². The molecule has 1 saturated heterocycles. The van der Waals surface area contributed by atoms with Crippen LogP contribution in [0.25, 0.3) is 0 Å². The lowest BCUT2D eigenvalue weighted by Crippen LogP contribution is -2.27. The minimum atomic E-state index is -4.40. The van der Waals surface area contributed by atoms with E-state index in [0.717, 1.165) is 36.5 Å². The summed E-state index contributed by atoms with van der Waals surface area (Å²) in [6, 6.07) is 9.65. The number of aromatic nitrogens is 1. The van der Waals surface area contributed by atoms with Crippen LogP contribution in [0.2, 0.25) is 0 Å². The number of halogens is 3. The molecule has 2 aromatic rings. The average Bonchev–Trinajstić information content (AvgIpc) is 3.14. The van der Waals surface area contributed by atoms with Gasteiger partial charge in [-0.3, -0.25) is 9.59 Å². The highest BCUT2D eigenvalue weighted by molar-refractivity contribution is 5.95. The zero-order valence-corrected chi connectivity index (χ0v) is 16.3. The molecular weight excluding hydrogens is 397 g/mol. The van der Waals surface area contributed by atoms with Gasteiger partial charge >= 0.3 is 6.18 Å². The Morgan fingerprint density at radius 2 is 1.87 bits per heavy atom. The Bertz CT molecular complexity index is 867. The number of carbonyl (C=O) groups is 2. The highest BCUT2D eigenvalue weighted by Gasteiger charge is 2.30. The Morgan fingerprint density at radius 3 is 2.47 bits per heavy atom. The molecular formula is C21H23F3N4O2. The van der Waals surface area contributed by atoms with Crippen molar-refractivity contribution >= 4 is 23.3 Å². The number of benzene rings is 1. The Balaban J connectivity index is 1.34. The van der Waals surface area contributed by atoms with Crippen LogP contribution in [0.5, 0.6) is 0 Å². The number of nitrogens with zero attached hydrogens (tertiary/aromatic N) is 2. The Hall–Kier alpha value is -3.10. The summed E-state index contributed by atoms with van der Waals surface area (Å²) in [6.45, 7) is 1.64. The van der Waals surface area contributed by atoms with Crippen LogP contribution in [0.4, 0.5) is 24.7 Å². The van der Waals surface area contributed by atoms with Gasteiger partial charge in [0.1, 0.15) is 5.82 Å². The van der Waals surface area contributed by atoms with Gasteiger partial charge in [0.2, 0.25) is 11.8 Å². The molecule has 0 radical (unpaired) electrons. The maximum atomic E-state index is 12.5. The van der Waals surface area contributed by atoms with Gasteiger partial charge in [-0.25, -0.2) is 4.98 Å². The number of anilines is 2. The molecule has 160 valence electrons. The van der Waals surface area contributed by atoms with Crippen molar-refractivity contribution in [2.24, 2.45) is 0 Å². The number of alkyl halides is 3. The van der Waals surface area contributed by atoms with Crippen LogP contribution in [-0.4, -0.2) is 36.4 Å². The van der Waals surface area contributed by atoms with Gasteiger partial charge in [0.05, 0.1) is 12.0 Å². The molecule has 2 N–H and O–H groups in total. The van der Waals surface area contributed by atoms with E-state index in [1.807, 2.05) is 24.3 Å². The van der Waals surface area contributed by atoms with Gasteiger partial charge in [0, 0.05) is 37.9 Å². The second-order valence-electron chi connectivity index (χ2n) is 7.05. The molecule has 0 unspecified atom stereocenters. The van der Waals surface area contributed by atoms with Crippen LogP contribution in [0, 0.1) is 0 Å². The molecule has 0 aliphatic carbocycles. The maximum absolute atomic E-state index is 12.5. The standard InChI is InChI=1S/C21H23F3N4O2/c22-21(23,24)16-6-9-18(27-14-16)25-10-2-11-26-19(29)13-15-4-7-17(8-5-15)28-12-1-3-20(28)30/h4-9,14H,1-3,10-13H2,(H,25,27)(H,26,29). The molecule has 1 fully saturated rings. The van der Waals surface area contributed by atoms with E-state index >= 15 is 0 Å². The van der Waals surface area contributed by atoms with E-state index in [-0.39, 0.29) is 18.2 Å². The lowest BCUT2D eigenvalue weighted by atomic mass is 10.1. The fourth-order valence-electron chi connectivity index (χ4n) is 3.16. The van der Waals surface area contributed by atoms with Crippen molar-refractivity contribution in [1.82, 2.24) is 10.3 Å². The SMILES string of the molecule is O=C(Cc1ccc(N2CCCC2=O)cc1)NCCCNc1ccc(C(F)(F)F)cn1. The molecule has 2 amide bonds. The molecule has 6 nitrogen and oxygen atoms in total. The van der Waals surface area contributed by atoms with Crippen LogP contribution in [-0.2, 0) is 22.2 Å². The third-order valence-corrected chi connectivity index (χ3v) is 4.76. The first-order chi connectivity index (χ1) is 14.3. The smallest absolute Gasteiger partial charge is 0.370 e. The molecule has 0 atom stereocenters. The van der Waals surface area contributed by atoms with E-state index in [1.54, 1.807) is 4.90 Å². The monoisotopic (exact) mass is 420 g/mol. The zero-order valence-electron chi connectivity index (χ0n) is 16.3. The topological polar surface area (TPSA) is 74.3 Å². The summed E-state index contributed by atoms with van der Waals surface area (Å²) in [5.74, 6) is 0.360. The van der Waals surface area contributed by atoms with Crippen LogP contribution in [0.3, 0.4) is 0 Å². The van der Waals surface area contributed by atoms with Gasteiger partial charge in [-0.05, 0) is 42.7 Å². The molecule has 9 heteroatoms. The molecule has 30 heavy (non-hydrogen) atoms. The third-order valence-electron chi connectivity index (χ3n) is 4.76. The van der Waals surface area contributed by atoms with Crippen molar-refractivity contribution in [3.05, 3.63) is 53.7 Å². The number of carbonyl (C=O) groups excluding carboxylic acids is 2. The minimum absolute atomic E-state index is 0.118. The lowest BCUT2D eigenvalue weighted by molar-refractivity contribution is -0.137. The van der Waals surface area contributed by atoms with Crippen molar-refractivity contribution in [3.8, 4) is 0 Å². The number of amides is 2. The number of nitrogens with one attached hydrogen (secondary N) is 2. The predicted molar refractivity (Wildman–Crippen MR) is 107 cm³/mol. The first kappa shape index (κ1) is 21.6. The fraction of sp³-hybridized carbons (Fsp3) is 0.381. The number of pyridine rings is 1. The molecule has 1 aliphatic heterocycles. The Kier molecular flexibility index (Phi) is 6.91. The predicted octanol–water partition coefficient (Wildman–Crippen LogP) is 3.39. The van der Waals surface area contributed by atoms with Gasteiger partial charge in [0.15, 0.2) is 0 Å². The normalized spacial score (nSPS) is 14.1. The summed E-state index contributed by atoms with van der Waals surface area (Å²) in [6.07, 6.45) is -1.33. The quantitative estimate of drug-likeness (QED) is 0.642. The molecule has 1 aromatic heterocycles. The number of rotatable bonds is 8. The van der Waals surface area contributed by atoms with Gasteiger partial charge < -0.3 is 15.5 Å². The second kappa shape index (κ2) is 9.60. The van der Waals surface area contributed by atoms with Gasteiger partial charge in [-0.1, -0.05) is 12.1 Å². The summed E-state index contributed by atoms with van der Waals surface area (Å²) >= 11 is 0. The highest BCUT2D eigenvalue weighted by Crippen LogP contribution is 2.28. The van der Waals surface area contributed by atoms with Gasteiger partial charge in [-0.2, -0.15) is 13.2 Å². The van der Waals surface area contributed by atoms with Crippen molar-refractivity contribution in [2.45, 2.75) is 31.9 Å². The second-order valence-corrected chi connectivity index (χ2v) is 7.05. The van der Waals surface area contributed by atoms with Crippen LogP contribution >= 0.6 is 0 Å². The van der Waals surface area contributed by atoms with E-state index in [2.05, 4.69) is 15.6 Å². The highest BCUT2D eigenvalue weighted by atomic mass is 19.4. The number of hydrogen-bond acceptors (Lipinski definition) is 4. The van der Waals surface area contributed by atoms with Crippen molar-refractivity contribution in [3.63, 3.8) is 0 Å². The number of hydrogen-bond donors (Lipinski definition) is 2. The van der Waals surface area contributed by atoms with Gasteiger partial charge in [-0.15, -0.1) is 0 Å². The summed E-state index contributed by atoms with van der Waals surface area (Å²) in [7, 11) is 0. The summed E-state index contributed by atoms with van der Waals surface area (Å²) in [5.41, 5.74) is 0.917. The van der Waals surface area contributed by atoms with E-state index in [9.17, 15) is 22.8 Å². The maximum Gasteiger partial charge on any atom is 0.417 e. The first-order valence-corrected chi connectivity index (χ1v) is 9.76. The summed E-state index contributed by atoms with van der Waals surface area (Å²) in [5, 5.41) is 5.73. The van der Waals surface area contributed by atoms with E-state index in [1.165, 1.54) is 6.07 Å². The summed E-state index contributed by atoms with van der Waals surface area (Å²) in [4.78, 5) is 29.3. The third kappa shape index (κ3) is 5.95. The Labute approximate surface area is 172 Å². The van der Waals surface area contributed by atoms with Gasteiger partial charge in [0.25, 0.3) is 0 Å². The van der Waals surface area contributed by atoms with Crippen molar-refractivity contribution in [2.75, 3.05) is 29.9 Å². The van der Waals surface area contributed by atoms with Crippen LogP contribution < -0.4 is 15.5 Å². The molecule has 1 aliphatic rings. The molecule has 3 rings (SSSR count). The van der Waals surface area contributed by atoms with Crippen LogP contribution in [0.1, 0.15) is 30.4 Å². The molecule has 0 bridgehead atoms. The minimum Gasteiger partial charge on any atom is -0.370 e.